The maximum absolute atomic E-state index is 12.4. The van der Waals surface area contributed by atoms with Gasteiger partial charge >= 0.3 is 0 Å². The smallest absolute Gasteiger partial charge is 0.233 e. The molecule has 1 N–H and O–H groups in total. The van der Waals surface area contributed by atoms with Crippen LogP contribution in [0.5, 0.6) is 0 Å². The van der Waals surface area contributed by atoms with E-state index in [1.165, 1.54) is 4.90 Å². The molecule has 1 aliphatic heterocycles. The van der Waals surface area contributed by atoms with Gasteiger partial charge in [-0.1, -0.05) is 13.3 Å². The van der Waals surface area contributed by atoms with Gasteiger partial charge in [0, 0.05) is 20.1 Å². The monoisotopic (exact) mass is 283 g/mol. The Morgan fingerprint density at radius 3 is 2.30 bits per heavy atom. The third-order valence-electron chi connectivity index (χ3n) is 4.75. The Labute approximate surface area is 120 Å². The van der Waals surface area contributed by atoms with Crippen LogP contribution in [0, 0.1) is 17.8 Å². The summed E-state index contributed by atoms with van der Waals surface area (Å²) < 4.78 is 4.95. The number of rotatable bonds is 6. The molecule has 0 aromatic heterocycles. The van der Waals surface area contributed by atoms with Crippen LogP contribution in [0.1, 0.15) is 39.5 Å². The van der Waals surface area contributed by atoms with Gasteiger partial charge in [0.25, 0.3) is 0 Å². The van der Waals surface area contributed by atoms with Gasteiger partial charge in [0.1, 0.15) is 0 Å². The SMILES string of the molecule is CCC1CC2C(=O)N(CC(C)(O)CCOC)C(=O)C2C1. The summed E-state index contributed by atoms with van der Waals surface area (Å²) in [4.78, 5) is 26.0. The van der Waals surface area contributed by atoms with E-state index >= 15 is 0 Å². The van der Waals surface area contributed by atoms with Crippen molar-refractivity contribution >= 4 is 11.8 Å². The van der Waals surface area contributed by atoms with Gasteiger partial charge < -0.3 is 9.84 Å². The highest BCUT2D eigenvalue weighted by atomic mass is 16.5. The van der Waals surface area contributed by atoms with Crippen LogP contribution in [-0.2, 0) is 14.3 Å². The van der Waals surface area contributed by atoms with Gasteiger partial charge in [-0.2, -0.15) is 0 Å². The number of imide groups is 1. The molecule has 1 aliphatic carbocycles. The minimum absolute atomic E-state index is 0.0812. The second-order valence-corrected chi connectivity index (χ2v) is 6.46. The molecule has 20 heavy (non-hydrogen) atoms. The highest BCUT2D eigenvalue weighted by Gasteiger charge is 2.53. The van der Waals surface area contributed by atoms with E-state index in [0.29, 0.717) is 18.9 Å². The van der Waals surface area contributed by atoms with Crippen molar-refractivity contribution in [3.63, 3.8) is 0 Å². The number of hydrogen-bond acceptors (Lipinski definition) is 4. The molecule has 2 amide bonds. The molecular formula is C15H25NO4. The highest BCUT2D eigenvalue weighted by Crippen LogP contribution is 2.44. The zero-order valence-electron chi connectivity index (χ0n) is 12.6. The second-order valence-electron chi connectivity index (χ2n) is 6.46. The zero-order chi connectivity index (χ0) is 14.9. The average molecular weight is 283 g/mol. The first-order valence-electron chi connectivity index (χ1n) is 7.46. The number of aliphatic hydroxyl groups is 1. The van der Waals surface area contributed by atoms with E-state index in [-0.39, 0.29) is 30.2 Å². The van der Waals surface area contributed by atoms with Crippen molar-refractivity contribution in [2.75, 3.05) is 20.3 Å². The molecule has 114 valence electrons. The van der Waals surface area contributed by atoms with Crippen molar-refractivity contribution in [3.05, 3.63) is 0 Å². The summed E-state index contributed by atoms with van der Waals surface area (Å²) in [5.74, 6) is 0.0210. The Hall–Kier alpha value is -0.940. The van der Waals surface area contributed by atoms with Gasteiger partial charge in [-0.15, -0.1) is 0 Å². The number of hydrogen-bond donors (Lipinski definition) is 1. The first-order chi connectivity index (χ1) is 9.39. The van der Waals surface area contributed by atoms with Crippen LogP contribution >= 0.6 is 0 Å². The molecule has 0 bridgehead atoms. The lowest BCUT2D eigenvalue weighted by Crippen LogP contribution is -2.45. The Balaban J connectivity index is 2.02. The molecule has 0 aromatic rings. The topological polar surface area (TPSA) is 66.8 Å². The molecule has 1 heterocycles. The Morgan fingerprint density at radius 2 is 1.85 bits per heavy atom. The van der Waals surface area contributed by atoms with Crippen LogP contribution in [0.3, 0.4) is 0 Å². The largest absolute Gasteiger partial charge is 0.388 e. The summed E-state index contributed by atoms with van der Waals surface area (Å²) in [7, 11) is 1.57. The summed E-state index contributed by atoms with van der Waals surface area (Å²) in [5, 5.41) is 10.3. The zero-order valence-corrected chi connectivity index (χ0v) is 12.6. The molecule has 0 radical (unpaired) electrons. The summed E-state index contributed by atoms with van der Waals surface area (Å²) in [6.07, 6.45) is 3.08. The van der Waals surface area contributed by atoms with Crippen LogP contribution in [0.4, 0.5) is 0 Å². The number of carbonyl (C=O) groups excluding carboxylic acids is 2. The summed E-state index contributed by atoms with van der Waals surface area (Å²) in [6.45, 7) is 4.25. The third-order valence-corrected chi connectivity index (χ3v) is 4.75. The van der Waals surface area contributed by atoms with Crippen LogP contribution in [0.15, 0.2) is 0 Å². The number of nitrogens with zero attached hydrogens (tertiary/aromatic N) is 1. The van der Waals surface area contributed by atoms with Crippen molar-refractivity contribution in [1.82, 2.24) is 4.90 Å². The van der Waals surface area contributed by atoms with Crippen LogP contribution in [-0.4, -0.2) is 47.7 Å². The number of carbonyl (C=O) groups is 2. The molecule has 1 saturated carbocycles. The van der Waals surface area contributed by atoms with Gasteiger partial charge in [0.15, 0.2) is 0 Å². The molecule has 0 aromatic carbocycles. The summed E-state index contributed by atoms with van der Waals surface area (Å²) in [6, 6.07) is 0. The predicted molar refractivity (Wildman–Crippen MR) is 73.8 cm³/mol. The van der Waals surface area contributed by atoms with E-state index in [2.05, 4.69) is 6.92 Å². The van der Waals surface area contributed by atoms with Gasteiger partial charge in [-0.3, -0.25) is 14.5 Å². The fourth-order valence-corrected chi connectivity index (χ4v) is 3.43. The first-order valence-corrected chi connectivity index (χ1v) is 7.46. The first kappa shape index (κ1) is 15.4. The molecule has 2 aliphatic rings. The number of amides is 2. The predicted octanol–water partition coefficient (Wildman–Crippen LogP) is 1.20. The minimum atomic E-state index is -1.08. The lowest BCUT2D eigenvalue weighted by Gasteiger charge is -2.28. The van der Waals surface area contributed by atoms with E-state index < -0.39 is 5.60 Å². The molecule has 5 nitrogen and oxygen atoms in total. The number of likely N-dealkylation sites (tertiary alicyclic amines) is 1. The normalized spacial score (nSPS) is 32.6. The lowest BCUT2D eigenvalue weighted by atomic mass is 10.00. The minimum Gasteiger partial charge on any atom is -0.388 e. The van der Waals surface area contributed by atoms with Crippen LogP contribution < -0.4 is 0 Å². The van der Waals surface area contributed by atoms with Gasteiger partial charge in [-0.25, -0.2) is 0 Å². The number of fused-ring (bicyclic) bond motifs is 1. The van der Waals surface area contributed by atoms with Crippen LogP contribution in [0.25, 0.3) is 0 Å². The molecule has 3 atom stereocenters. The van der Waals surface area contributed by atoms with Crippen molar-refractivity contribution in [2.45, 2.75) is 45.1 Å². The number of methoxy groups -OCH3 is 1. The van der Waals surface area contributed by atoms with E-state index in [4.69, 9.17) is 4.74 Å². The average Bonchev–Trinajstić information content (AvgIpc) is 2.92. The maximum atomic E-state index is 12.4. The van der Waals surface area contributed by atoms with Crippen molar-refractivity contribution in [2.24, 2.45) is 17.8 Å². The molecule has 2 rings (SSSR count). The van der Waals surface area contributed by atoms with Gasteiger partial charge in [0.05, 0.1) is 24.0 Å². The van der Waals surface area contributed by atoms with E-state index in [1.807, 2.05) is 0 Å². The maximum Gasteiger partial charge on any atom is 0.233 e. The van der Waals surface area contributed by atoms with E-state index in [9.17, 15) is 14.7 Å². The Morgan fingerprint density at radius 1 is 1.30 bits per heavy atom. The molecule has 3 unspecified atom stereocenters. The second kappa shape index (κ2) is 5.82. The standard InChI is InChI=1S/C15H25NO4/c1-4-10-7-11-12(8-10)14(18)16(13(11)17)9-15(2,19)5-6-20-3/h10-12,19H,4-9H2,1-3H3. The quantitative estimate of drug-likeness (QED) is 0.744. The fourth-order valence-electron chi connectivity index (χ4n) is 3.43. The molecule has 1 saturated heterocycles. The van der Waals surface area contributed by atoms with Crippen molar-refractivity contribution in [3.8, 4) is 0 Å². The Bertz CT molecular complexity index is 369. The summed E-state index contributed by atoms with van der Waals surface area (Å²) >= 11 is 0. The summed E-state index contributed by atoms with van der Waals surface area (Å²) in [5.41, 5.74) is -1.08. The third kappa shape index (κ3) is 2.88. The van der Waals surface area contributed by atoms with Crippen molar-refractivity contribution in [1.29, 1.82) is 0 Å². The Kier molecular flexibility index (Phi) is 4.49. The molecular weight excluding hydrogens is 258 g/mol. The van der Waals surface area contributed by atoms with Gasteiger partial charge in [-0.05, 0) is 25.7 Å². The highest BCUT2D eigenvalue weighted by molar-refractivity contribution is 6.05. The van der Waals surface area contributed by atoms with Crippen LogP contribution in [0.2, 0.25) is 0 Å². The fraction of sp³-hybridized carbons (Fsp3) is 0.867. The van der Waals surface area contributed by atoms with E-state index in [1.54, 1.807) is 14.0 Å². The lowest BCUT2D eigenvalue weighted by molar-refractivity contribution is -0.144. The molecule has 2 fully saturated rings. The molecule has 5 heteroatoms. The number of β-amino-alcohol motifs (C(OH)–C–C–N with tert-alkyl or cyclic N) is 1. The van der Waals surface area contributed by atoms with Crippen molar-refractivity contribution < 1.29 is 19.4 Å². The van der Waals surface area contributed by atoms with Gasteiger partial charge in [0.2, 0.25) is 11.8 Å². The van der Waals surface area contributed by atoms with E-state index in [0.717, 1.165) is 19.3 Å². The number of ether oxygens (including phenoxy) is 1. The molecule has 0 spiro atoms.